The molecular weight excluding hydrogens is 218 g/mol. The largest absolute Gasteiger partial charge is 0.480 e. The van der Waals surface area contributed by atoms with Crippen molar-refractivity contribution in [2.45, 2.75) is 12.5 Å². The first-order valence-electron chi connectivity index (χ1n) is 5.96. The summed E-state index contributed by atoms with van der Waals surface area (Å²) in [6.07, 6.45) is 0.345. The first-order valence-corrected chi connectivity index (χ1v) is 5.96. The summed E-state index contributed by atoms with van der Waals surface area (Å²) in [4.78, 5) is 14.0. The van der Waals surface area contributed by atoms with E-state index < -0.39 is 0 Å². The number of carbonyl (C=O) groups is 1. The van der Waals surface area contributed by atoms with Gasteiger partial charge in [-0.1, -0.05) is 18.2 Å². The van der Waals surface area contributed by atoms with Crippen molar-refractivity contribution in [3.8, 4) is 5.75 Å². The van der Waals surface area contributed by atoms with Crippen molar-refractivity contribution in [2.24, 2.45) is 0 Å². The van der Waals surface area contributed by atoms with E-state index in [0.717, 1.165) is 11.3 Å². The van der Waals surface area contributed by atoms with Gasteiger partial charge in [-0.05, 0) is 11.6 Å². The van der Waals surface area contributed by atoms with Crippen LogP contribution < -0.4 is 4.74 Å². The summed E-state index contributed by atoms with van der Waals surface area (Å²) >= 11 is 0. The van der Waals surface area contributed by atoms with Crippen LogP contribution in [0.4, 0.5) is 0 Å². The van der Waals surface area contributed by atoms with Gasteiger partial charge in [0.05, 0.1) is 13.2 Å². The molecule has 0 aliphatic carbocycles. The SMILES string of the molecule is O=C([C@H]1Cc2ccccc2O1)N1CCOCC1. The molecule has 2 aliphatic heterocycles. The Labute approximate surface area is 100 Å². The standard InChI is InChI=1S/C13H15NO3/c15-13(14-5-7-16-8-6-14)12-9-10-3-1-2-4-11(10)17-12/h1-4,12H,5-9H2/t12-/m1/s1. The first-order chi connectivity index (χ1) is 8.34. The minimum atomic E-state index is -0.342. The molecule has 0 unspecified atom stereocenters. The van der Waals surface area contributed by atoms with E-state index in [9.17, 15) is 4.79 Å². The summed E-state index contributed by atoms with van der Waals surface area (Å²) in [5.74, 6) is 0.934. The number of hydrogen-bond donors (Lipinski definition) is 0. The number of amides is 1. The van der Waals surface area contributed by atoms with Crippen LogP contribution in [-0.4, -0.2) is 43.2 Å². The zero-order valence-electron chi connectivity index (χ0n) is 9.59. The van der Waals surface area contributed by atoms with Gasteiger partial charge in [0.2, 0.25) is 0 Å². The number of hydrogen-bond acceptors (Lipinski definition) is 3. The number of fused-ring (bicyclic) bond motifs is 1. The second-order valence-corrected chi connectivity index (χ2v) is 4.36. The maximum atomic E-state index is 12.2. The van der Waals surface area contributed by atoms with Crippen molar-refractivity contribution in [1.82, 2.24) is 4.90 Å². The lowest BCUT2D eigenvalue weighted by atomic mass is 10.1. The van der Waals surface area contributed by atoms with E-state index in [0.29, 0.717) is 32.7 Å². The van der Waals surface area contributed by atoms with E-state index in [4.69, 9.17) is 9.47 Å². The Morgan fingerprint density at radius 2 is 2.00 bits per heavy atom. The first kappa shape index (κ1) is 10.6. The monoisotopic (exact) mass is 233 g/mol. The predicted molar refractivity (Wildman–Crippen MR) is 62.0 cm³/mol. The average Bonchev–Trinajstić information content (AvgIpc) is 2.82. The normalized spacial score (nSPS) is 23.1. The molecule has 2 aliphatic rings. The Hall–Kier alpha value is -1.55. The van der Waals surface area contributed by atoms with Crippen LogP contribution in [0.1, 0.15) is 5.56 Å². The smallest absolute Gasteiger partial charge is 0.264 e. The number of nitrogens with zero attached hydrogens (tertiary/aromatic N) is 1. The summed E-state index contributed by atoms with van der Waals surface area (Å²) < 4.78 is 10.9. The van der Waals surface area contributed by atoms with Crippen molar-refractivity contribution >= 4 is 5.91 Å². The lowest BCUT2D eigenvalue weighted by Crippen LogP contribution is -2.47. The molecule has 0 saturated carbocycles. The Bertz CT molecular complexity index is 401. The van der Waals surface area contributed by atoms with Gasteiger partial charge in [0.25, 0.3) is 5.91 Å². The van der Waals surface area contributed by atoms with Crippen LogP contribution in [0.5, 0.6) is 5.75 Å². The lowest BCUT2D eigenvalue weighted by molar-refractivity contribution is -0.142. The fraction of sp³-hybridized carbons (Fsp3) is 0.462. The Kier molecular flexibility index (Phi) is 2.73. The molecule has 1 atom stereocenters. The minimum Gasteiger partial charge on any atom is -0.480 e. The quantitative estimate of drug-likeness (QED) is 0.721. The number of benzene rings is 1. The van der Waals surface area contributed by atoms with Crippen LogP contribution in [0.25, 0.3) is 0 Å². The number of ether oxygens (including phenoxy) is 2. The fourth-order valence-electron chi connectivity index (χ4n) is 2.31. The topological polar surface area (TPSA) is 38.8 Å². The lowest BCUT2D eigenvalue weighted by Gasteiger charge is -2.28. The van der Waals surface area contributed by atoms with Crippen molar-refractivity contribution in [3.63, 3.8) is 0 Å². The molecule has 1 aromatic rings. The van der Waals surface area contributed by atoms with Gasteiger partial charge in [0.15, 0.2) is 6.10 Å². The van der Waals surface area contributed by atoms with Gasteiger partial charge >= 0.3 is 0 Å². The highest BCUT2D eigenvalue weighted by Gasteiger charge is 2.32. The molecule has 0 spiro atoms. The highest BCUT2D eigenvalue weighted by Crippen LogP contribution is 2.28. The maximum Gasteiger partial charge on any atom is 0.264 e. The van der Waals surface area contributed by atoms with Gasteiger partial charge in [-0.25, -0.2) is 0 Å². The number of para-hydroxylation sites is 1. The van der Waals surface area contributed by atoms with E-state index in [1.807, 2.05) is 29.2 Å². The molecule has 0 aromatic heterocycles. The third-order valence-electron chi connectivity index (χ3n) is 3.25. The molecule has 2 heterocycles. The molecule has 1 fully saturated rings. The number of morpholine rings is 1. The molecule has 17 heavy (non-hydrogen) atoms. The number of carbonyl (C=O) groups excluding carboxylic acids is 1. The van der Waals surface area contributed by atoms with Crippen molar-refractivity contribution in [1.29, 1.82) is 0 Å². The van der Waals surface area contributed by atoms with E-state index in [1.165, 1.54) is 0 Å². The van der Waals surface area contributed by atoms with Crippen LogP contribution in [-0.2, 0) is 16.0 Å². The molecule has 3 rings (SSSR count). The molecule has 0 bridgehead atoms. The molecule has 0 N–H and O–H groups in total. The van der Waals surface area contributed by atoms with Crippen LogP contribution >= 0.6 is 0 Å². The van der Waals surface area contributed by atoms with E-state index in [2.05, 4.69) is 0 Å². The summed E-state index contributed by atoms with van der Waals surface area (Å²) in [7, 11) is 0. The highest BCUT2D eigenvalue weighted by atomic mass is 16.5. The molecule has 4 nitrogen and oxygen atoms in total. The summed E-state index contributed by atoms with van der Waals surface area (Å²) in [6.45, 7) is 2.61. The molecule has 1 amide bonds. The van der Waals surface area contributed by atoms with Gasteiger partial charge in [-0.15, -0.1) is 0 Å². The van der Waals surface area contributed by atoms with Crippen LogP contribution in [0.3, 0.4) is 0 Å². The summed E-state index contributed by atoms with van der Waals surface area (Å²) in [6, 6.07) is 7.84. The molecule has 4 heteroatoms. The summed E-state index contributed by atoms with van der Waals surface area (Å²) in [5, 5.41) is 0. The van der Waals surface area contributed by atoms with Gasteiger partial charge in [0, 0.05) is 19.5 Å². The third kappa shape index (κ3) is 2.00. The van der Waals surface area contributed by atoms with Crippen LogP contribution in [0.15, 0.2) is 24.3 Å². The van der Waals surface area contributed by atoms with Crippen molar-refractivity contribution in [3.05, 3.63) is 29.8 Å². The molecule has 0 radical (unpaired) electrons. The average molecular weight is 233 g/mol. The second-order valence-electron chi connectivity index (χ2n) is 4.36. The second kappa shape index (κ2) is 4.37. The van der Waals surface area contributed by atoms with Crippen LogP contribution in [0, 0.1) is 0 Å². The van der Waals surface area contributed by atoms with Gasteiger partial charge in [0.1, 0.15) is 5.75 Å². The predicted octanol–water partition coefficient (Wildman–Crippen LogP) is 0.849. The Morgan fingerprint density at radius 3 is 2.76 bits per heavy atom. The Morgan fingerprint density at radius 1 is 1.24 bits per heavy atom. The van der Waals surface area contributed by atoms with Gasteiger partial charge in [-0.3, -0.25) is 4.79 Å². The van der Waals surface area contributed by atoms with E-state index in [1.54, 1.807) is 0 Å². The van der Waals surface area contributed by atoms with Crippen LogP contribution in [0.2, 0.25) is 0 Å². The number of rotatable bonds is 1. The van der Waals surface area contributed by atoms with E-state index >= 15 is 0 Å². The van der Waals surface area contributed by atoms with E-state index in [-0.39, 0.29) is 12.0 Å². The zero-order chi connectivity index (χ0) is 11.7. The third-order valence-corrected chi connectivity index (χ3v) is 3.25. The fourth-order valence-corrected chi connectivity index (χ4v) is 2.31. The Balaban J connectivity index is 1.69. The minimum absolute atomic E-state index is 0.0875. The van der Waals surface area contributed by atoms with Crippen molar-refractivity contribution in [2.75, 3.05) is 26.3 Å². The molecule has 1 saturated heterocycles. The molecular formula is C13H15NO3. The van der Waals surface area contributed by atoms with Gasteiger partial charge in [-0.2, -0.15) is 0 Å². The summed E-state index contributed by atoms with van der Waals surface area (Å²) in [5.41, 5.74) is 1.12. The van der Waals surface area contributed by atoms with Gasteiger partial charge < -0.3 is 14.4 Å². The molecule has 90 valence electrons. The maximum absolute atomic E-state index is 12.2. The van der Waals surface area contributed by atoms with Crippen molar-refractivity contribution < 1.29 is 14.3 Å². The molecule has 1 aromatic carbocycles. The zero-order valence-corrected chi connectivity index (χ0v) is 9.59. The highest BCUT2D eigenvalue weighted by molar-refractivity contribution is 5.82.